The molecule has 10 heteroatoms. The van der Waals surface area contributed by atoms with Gasteiger partial charge in [-0.3, -0.25) is 24.0 Å². The molecule has 0 spiro atoms. The van der Waals surface area contributed by atoms with E-state index >= 15 is 0 Å². The van der Waals surface area contributed by atoms with Gasteiger partial charge in [-0.15, -0.1) is 0 Å². The van der Waals surface area contributed by atoms with Crippen LogP contribution in [0.1, 0.15) is 35.9 Å². The van der Waals surface area contributed by atoms with E-state index in [1.807, 2.05) is 6.92 Å². The van der Waals surface area contributed by atoms with E-state index in [2.05, 4.69) is 4.98 Å². The Balaban J connectivity index is 2.17. The molecule has 0 saturated heterocycles. The fraction of sp³-hybridized carbons (Fsp3) is 0.250. The zero-order valence-corrected chi connectivity index (χ0v) is 17.7. The number of carbonyl (C=O) groups is 1. The van der Waals surface area contributed by atoms with E-state index in [1.165, 1.54) is 29.0 Å². The average molecular weight is 451 g/mol. The van der Waals surface area contributed by atoms with E-state index in [9.17, 15) is 14.4 Å². The van der Waals surface area contributed by atoms with Crippen LogP contribution in [0.2, 0.25) is 10.0 Å². The number of aromatic nitrogens is 2. The maximum Gasteiger partial charge on any atom is 0.330 e. The quantitative estimate of drug-likeness (QED) is 0.569. The first-order valence-electron chi connectivity index (χ1n) is 9.25. The third-order valence-electron chi connectivity index (χ3n) is 4.52. The van der Waals surface area contributed by atoms with Gasteiger partial charge in [-0.2, -0.15) is 0 Å². The largest absolute Gasteiger partial charge is 0.467 e. The molecule has 0 radical (unpaired) electrons. The molecule has 0 aliphatic heterocycles. The van der Waals surface area contributed by atoms with Gasteiger partial charge >= 0.3 is 5.69 Å². The van der Waals surface area contributed by atoms with E-state index < -0.39 is 17.2 Å². The van der Waals surface area contributed by atoms with Gasteiger partial charge in [0.15, 0.2) is 5.69 Å². The number of hydrogen-bond acceptors (Lipinski definition) is 5. The molecular weight excluding hydrogens is 431 g/mol. The van der Waals surface area contributed by atoms with Gasteiger partial charge in [-0.05, 0) is 36.8 Å². The molecule has 0 bridgehead atoms. The molecular formula is C20H20Cl2N4O4. The summed E-state index contributed by atoms with van der Waals surface area (Å²) in [5, 5.41) is 0.478. The van der Waals surface area contributed by atoms with Gasteiger partial charge in [0.25, 0.3) is 11.5 Å². The number of nitrogens with one attached hydrogen (secondary N) is 1. The van der Waals surface area contributed by atoms with Crippen LogP contribution in [0.4, 0.5) is 11.5 Å². The third-order valence-corrected chi connectivity index (χ3v) is 5.07. The summed E-state index contributed by atoms with van der Waals surface area (Å²) in [7, 11) is 0. The van der Waals surface area contributed by atoms with E-state index in [0.29, 0.717) is 23.7 Å². The van der Waals surface area contributed by atoms with Crippen LogP contribution >= 0.6 is 23.2 Å². The number of amides is 1. The van der Waals surface area contributed by atoms with Crippen molar-refractivity contribution in [1.29, 1.82) is 0 Å². The molecule has 30 heavy (non-hydrogen) atoms. The molecule has 0 unspecified atom stereocenters. The van der Waals surface area contributed by atoms with Gasteiger partial charge in [0, 0.05) is 11.6 Å². The van der Waals surface area contributed by atoms with Crippen LogP contribution in [0.3, 0.4) is 0 Å². The highest BCUT2D eigenvalue weighted by molar-refractivity contribution is 6.37. The number of nitrogens with two attached hydrogens (primary N) is 1. The third kappa shape index (κ3) is 4.44. The number of furan rings is 1. The SMILES string of the molecule is CCCCn1c(N)c(N(Cc2ccco2)C(=O)c2ccc(Cl)cc2Cl)c(=O)[nH]c1=O. The van der Waals surface area contributed by atoms with Crippen LogP contribution in [-0.4, -0.2) is 15.5 Å². The van der Waals surface area contributed by atoms with Crippen LogP contribution in [0, 0.1) is 0 Å². The number of halogens is 2. The molecule has 0 saturated carbocycles. The first-order valence-corrected chi connectivity index (χ1v) is 10.0. The lowest BCUT2D eigenvalue weighted by Gasteiger charge is -2.24. The predicted molar refractivity (Wildman–Crippen MR) is 116 cm³/mol. The van der Waals surface area contributed by atoms with E-state index in [-0.39, 0.29) is 28.6 Å². The van der Waals surface area contributed by atoms with Crippen molar-refractivity contribution in [3.05, 3.63) is 78.8 Å². The molecule has 0 fully saturated rings. The highest BCUT2D eigenvalue weighted by atomic mass is 35.5. The summed E-state index contributed by atoms with van der Waals surface area (Å²) in [6.45, 7) is 2.17. The molecule has 1 amide bonds. The lowest BCUT2D eigenvalue weighted by Crippen LogP contribution is -2.41. The number of unbranched alkanes of at least 4 members (excludes halogenated alkanes) is 1. The molecule has 2 aromatic heterocycles. The molecule has 3 aromatic rings. The normalized spacial score (nSPS) is 10.9. The second-order valence-electron chi connectivity index (χ2n) is 6.59. The van der Waals surface area contributed by atoms with Crippen molar-refractivity contribution in [1.82, 2.24) is 9.55 Å². The maximum absolute atomic E-state index is 13.4. The topological polar surface area (TPSA) is 114 Å². The number of nitrogens with zero attached hydrogens (tertiary/aromatic N) is 2. The minimum Gasteiger partial charge on any atom is -0.467 e. The number of H-pyrrole nitrogens is 1. The lowest BCUT2D eigenvalue weighted by atomic mass is 10.1. The van der Waals surface area contributed by atoms with Crippen molar-refractivity contribution in [3.8, 4) is 0 Å². The monoisotopic (exact) mass is 450 g/mol. The van der Waals surface area contributed by atoms with Crippen LogP contribution in [0.15, 0.2) is 50.6 Å². The highest BCUT2D eigenvalue weighted by Gasteiger charge is 2.27. The Hall–Kier alpha value is -2.97. The number of carbonyl (C=O) groups excluding carboxylic acids is 1. The molecule has 0 atom stereocenters. The van der Waals surface area contributed by atoms with Crippen LogP contribution in [0.5, 0.6) is 0 Å². The molecule has 3 N–H and O–H groups in total. The summed E-state index contributed by atoms with van der Waals surface area (Å²) in [6.07, 6.45) is 2.93. The van der Waals surface area contributed by atoms with Crippen molar-refractivity contribution < 1.29 is 9.21 Å². The Bertz CT molecular complexity index is 1170. The molecule has 2 heterocycles. The van der Waals surface area contributed by atoms with E-state index in [4.69, 9.17) is 33.4 Å². The maximum atomic E-state index is 13.4. The van der Waals surface area contributed by atoms with Gasteiger partial charge in [0.1, 0.15) is 11.6 Å². The Kier molecular flexibility index (Phi) is 6.69. The highest BCUT2D eigenvalue weighted by Crippen LogP contribution is 2.27. The van der Waals surface area contributed by atoms with Crippen LogP contribution < -0.4 is 21.9 Å². The average Bonchev–Trinajstić information content (AvgIpc) is 3.19. The molecule has 158 valence electrons. The molecule has 3 rings (SSSR count). The van der Waals surface area contributed by atoms with E-state index in [0.717, 1.165) is 11.3 Å². The van der Waals surface area contributed by atoms with Crippen molar-refractivity contribution in [2.75, 3.05) is 10.6 Å². The van der Waals surface area contributed by atoms with Crippen LogP contribution in [0.25, 0.3) is 0 Å². The molecule has 0 aliphatic carbocycles. The minimum atomic E-state index is -0.782. The van der Waals surface area contributed by atoms with Gasteiger partial charge in [0.05, 0.1) is 23.4 Å². The Morgan fingerprint density at radius 3 is 2.67 bits per heavy atom. The van der Waals surface area contributed by atoms with Crippen molar-refractivity contribution in [2.45, 2.75) is 32.9 Å². The predicted octanol–water partition coefficient (Wildman–Crippen LogP) is 3.67. The van der Waals surface area contributed by atoms with Gasteiger partial charge in [-0.25, -0.2) is 4.79 Å². The molecule has 1 aromatic carbocycles. The Morgan fingerprint density at radius 2 is 2.03 bits per heavy atom. The number of benzene rings is 1. The summed E-state index contributed by atoms with van der Waals surface area (Å²) in [4.78, 5) is 41.7. The lowest BCUT2D eigenvalue weighted by molar-refractivity contribution is 0.0983. The second kappa shape index (κ2) is 9.23. The van der Waals surface area contributed by atoms with Crippen LogP contribution in [-0.2, 0) is 13.1 Å². The standard InChI is InChI=1S/C20H20Cl2N4O4/c1-2-3-8-25-17(23)16(18(27)24-20(25)29)26(11-13-5-4-9-30-13)19(28)14-7-6-12(21)10-15(14)22/h4-7,9-10H,2-3,8,11,23H2,1H3,(H,24,27,29). The number of hydrogen-bond donors (Lipinski definition) is 2. The van der Waals surface area contributed by atoms with Crippen molar-refractivity contribution >= 4 is 40.6 Å². The number of rotatable bonds is 7. The number of nitrogen functional groups attached to an aromatic ring is 1. The first-order chi connectivity index (χ1) is 14.3. The zero-order valence-electron chi connectivity index (χ0n) is 16.2. The summed E-state index contributed by atoms with van der Waals surface area (Å²) in [5.41, 5.74) is 4.75. The second-order valence-corrected chi connectivity index (χ2v) is 7.44. The minimum absolute atomic E-state index is 0.0932. The van der Waals surface area contributed by atoms with E-state index in [1.54, 1.807) is 12.1 Å². The summed E-state index contributed by atoms with van der Waals surface area (Å²) in [5.74, 6) is -0.285. The zero-order chi connectivity index (χ0) is 21.8. The van der Waals surface area contributed by atoms with Crippen molar-refractivity contribution in [2.24, 2.45) is 0 Å². The van der Waals surface area contributed by atoms with Gasteiger partial charge in [-0.1, -0.05) is 36.5 Å². The Morgan fingerprint density at radius 1 is 1.27 bits per heavy atom. The smallest absolute Gasteiger partial charge is 0.330 e. The summed E-state index contributed by atoms with van der Waals surface area (Å²) in [6, 6.07) is 7.71. The molecule has 0 aliphatic rings. The fourth-order valence-electron chi connectivity index (χ4n) is 3.00. The van der Waals surface area contributed by atoms with Gasteiger partial charge < -0.3 is 10.2 Å². The number of aromatic amines is 1. The van der Waals surface area contributed by atoms with Crippen molar-refractivity contribution in [3.63, 3.8) is 0 Å². The molecule has 8 nitrogen and oxygen atoms in total. The summed E-state index contributed by atoms with van der Waals surface area (Å²) < 4.78 is 6.59. The number of anilines is 2. The fourth-order valence-corrected chi connectivity index (χ4v) is 3.48. The Labute approximate surface area is 181 Å². The van der Waals surface area contributed by atoms with Gasteiger partial charge in [0.2, 0.25) is 0 Å². The first kappa shape index (κ1) is 21.7. The summed E-state index contributed by atoms with van der Waals surface area (Å²) >= 11 is 12.1.